The summed E-state index contributed by atoms with van der Waals surface area (Å²) in [5.74, 6) is -1.49. The van der Waals surface area contributed by atoms with E-state index in [1.54, 1.807) is 11.9 Å². The van der Waals surface area contributed by atoms with Crippen molar-refractivity contribution in [2.75, 3.05) is 18.9 Å². The van der Waals surface area contributed by atoms with Crippen LogP contribution in [0.15, 0.2) is 36.4 Å². The number of aryl methyl sites for hydroxylation is 1. The van der Waals surface area contributed by atoms with E-state index >= 15 is 0 Å². The lowest BCUT2D eigenvalue weighted by Gasteiger charge is -2.41. The van der Waals surface area contributed by atoms with Gasteiger partial charge in [0.2, 0.25) is 12.3 Å². The van der Waals surface area contributed by atoms with Gasteiger partial charge in [-0.15, -0.1) is 0 Å². The number of hydrogen-bond donors (Lipinski definition) is 2. The second-order valence-electron chi connectivity index (χ2n) is 10.4. The van der Waals surface area contributed by atoms with Gasteiger partial charge in [0.15, 0.2) is 17.9 Å². The first-order valence-corrected chi connectivity index (χ1v) is 12.7. The van der Waals surface area contributed by atoms with Crippen molar-refractivity contribution in [1.82, 2.24) is 15.1 Å². The Hall–Kier alpha value is -3.08. The molecule has 2 bridgehead atoms. The zero-order valence-electron chi connectivity index (χ0n) is 20.8. The highest BCUT2D eigenvalue weighted by Gasteiger charge is 2.66. The first-order valence-electron chi connectivity index (χ1n) is 12.7. The number of nitrogens with one attached hydrogen (secondary N) is 2. The van der Waals surface area contributed by atoms with Crippen LogP contribution in [0.3, 0.4) is 0 Å². The molecule has 10 heteroatoms. The summed E-state index contributed by atoms with van der Waals surface area (Å²) < 4.78 is 39.6. The van der Waals surface area contributed by atoms with Gasteiger partial charge in [-0.2, -0.15) is 0 Å². The van der Waals surface area contributed by atoms with Gasteiger partial charge >= 0.3 is 6.03 Å². The molecule has 196 valence electrons. The third-order valence-corrected chi connectivity index (χ3v) is 8.11. The van der Waals surface area contributed by atoms with Gasteiger partial charge in [-0.1, -0.05) is 12.1 Å². The summed E-state index contributed by atoms with van der Waals surface area (Å²) in [7, 11) is 1.56. The van der Waals surface area contributed by atoms with E-state index in [2.05, 4.69) is 10.6 Å². The largest absolute Gasteiger partial charge is 0.341 e. The van der Waals surface area contributed by atoms with Gasteiger partial charge < -0.3 is 25.0 Å². The van der Waals surface area contributed by atoms with E-state index in [1.807, 2.05) is 30.0 Å². The van der Waals surface area contributed by atoms with Crippen LogP contribution in [0.5, 0.6) is 0 Å². The van der Waals surface area contributed by atoms with Crippen LogP contribution in [0, 0.1) is 17.6 Å². The Morgan fingerprint density at radius 3 is 2.73 bits per heavy atom. The molecule has 2 aromatic carbocycles. The molecule has 3 aliphatic heterocycles. The number of anilines is 1. The number of carbonyl (C=O) groups is 2. The normalized spacial score (nSPS) is 26.5. The average Bonchev–Trinajstić information content (AvgIpc) is 3.49. The standard InChI is InChI=1S/C27H30F2N4O4/c1-15(17-4-5-17)32(13-16-3-8-21(28)22(29)11-16)23(34)14-33-24-27(37-26(33)36-24)10-9-18-12-19(6-7-20(18)27)31-25(35)30-2/h3,6-8,11-12,15,17,24,26H,4-5,9-10,13-14H2,1-2H3,(H2,30,31,35)/t15-,24?,26?,27+/m0/s1. The van der Waals surface area contributed by atoms with Gasteiger partial charge in [0.1, 0.15) is 5.60 Å². The van der Waals surface area contributed by atoms with Gasteiger partial charge in [0, 0.05) is 25.3 Å². The molecule has 0 radical (unpaired) electrons. The van der Waals surface area contributed by atoms with Crippen LogP contribution >= 0.6 is 0 Å². The molecule has 3 saturated heterocycles. The molecule has 2 N–H and O–H groups in total. The van der Waals surface area contributed by atoms with Crippen molar-refractivity contribution in [2.24, 2.45) is 5.92 Å². The topological polar surface area (TPSA) is 83.1 Å². The smallest absolute Gasteiger partial charge is 0.318 e. The Morgan fingerprint density at radius 2 is 2.00 bits per heavy atom. The number of hydrogen-bond acceptors (Lipinski definition) is 5. The second kappa shape index (κ2) is 9.04. The van der Waals surface area contributed by atoms with Crippen molar-refractivity contribution in [1.29, 1.82) is 0 Å². The van der Waals surface area contributed by atoms with E-state index in [0.29, 0.717) is 23.6 Å². The summed E-state index contributed by atoms with van der Waals surface area (Å²) in [6.45, 7) is 2.35. The predicted molar refractivity (Wildman–Crippen MR) is 130 cm³/mol. The Morgan fingerprint density at radius 1 is 1.19 bits per heavy atom. The van der Waals surface area contributed by atoms with Crippen molar-refractivity contribution < 1.29 is 27.8 Å². The first kappa shape index (κ1) is 24.3. The maximum Gasteiger partial charge on any atom is 0.318 e. The molecule has 3 amide bonds. The number of rotatable bonds is 7. The molecule has 1 spiro atoms. The van der Waals surface area contributed by atoms with Crippen LogP contribution < -0.4 is 10.6 Å². The molecular weight excluding hydrogens is 482 g/mol. The van der Waals surface area contributed by atoms with E-state index < -0.39 is 23.6 Å². The quantitative estimate of drug-likeness (QED) is 0.592. The van der Waals surface area contributed by atoms with E-state index in [0.717, 1.165) is 42.5 Å². The minimum absolute atomic E-state index is 0.00575. The van der Waals surface area contributed by atoms with E-state index in [4.69, 9.17) is 9.47 Å². The first-order chi connectivity index (χ1) is 17.8. The number of carbonyl (C=O) groups excluding carboxylic acids is 2. The SMILES string of the molecule is CNC(=O)Nc1ccc2c(c1)CC[C@@]21OC2OC1N2CC(=O)N(Cc1ccc(F)c(F)c1)[C@@H](C)C1CC1. The number of ether oxygens (including phenoxy) is 2. The van der Waals surface area contributed by atoms with Crippen LogP contribution in [0.4, 0.5) is 19.3 Å². The minimum Gasteiger partial charge on any atom is -0.341 e. The minimum atomic E-state index is -0.915. The third-order valence-electron chi connectivity index (χ3n) is 8.11. The van der Waals surface area contributed by atoms with Crippen molar-refractivity contribution >= 4 is 17.6 Å². The summed E-state index contributed by atoms with van der Waals surface area (Å²) in [5.41, 5.74) is 2.70. The van der Waals surface area contributed by atoms with E-state index in [9.17, 15) is 18.4 Å². The lowest BCUT2D eigenvalue weighted by atomic mass is 9.93. The maximum absolute atomic E-state index is 13.8. The highest BCUT2D eigenvalue weighted by atomic mass is 19.2. The van der Waals surface area contributed by atoms with Gasteiger partial charge in [0.25, 0.3) is 0 Å². The van der Waals surface area contributed by atoms with Crippen molar-refractivity contribution in [2.45, 2.75) is 63.4 Å². The Labute approximate surface area is 213 Å². The molecule has 37 heavy (non-hydrogen) atoms. The fourth-order valence-corrected chi connectivity index (χ4v) is 5.88. The Balaban J connectivity index is 1.18. The molecule has 4 atom stereocenters. The fraction of sp³-hybridized carbons (Fsp3) is 0.481. The molecule has 2 aromatic rings. The number of urea groups is 1. The van der Waals surface area contributed by atoms with E-state index in [-0.39, 0.29) is 37.3 Å². The van der Waals surface area contributed by atoms with Gasteiger partial charge in [-0.3, -0.25) is 4.79 Å². The lowest BCUT2D eigenvalue weighted by Crippen LogP contribution is -2.59. The summed E-state index contributed by atoms with van der Waals surface area (Å²) >= 11 is 0. The average molecular weight is 513 g/mol. The number of benzene rings is 2. The number of halogens is 2. The highest BCUT2D eigenvalue weighted by Crippen LogP contribution is 2.56. The van der Waals surface area contributed by atoms with E-state index in [1.165, 1.54) is 6.07 Å². The summed E-state index contributed by atoms with van der Waals surface area (Å²) in [4.78, 5) is 29.0. The molecule has 2 aliphatic carbocycles. The van der Waals surface area contributed by atoms with Crippen molar-refractivity contribution in [3.63, 3.8) is 0 Å². The summed E-state index contributed by atoms with van der Waals surface area (Å²) in [6.07, 6.45) is 2.61. The zero-order chi connectivity index (χ0) is 25.9. The van der Waals surface area contributed by atoms with Gasteiger partial charge in [-0.25, -0.2) is 18.5 Å². The zero-order valence-corrected chi connectivity index (χ0v) is 20.8. The molecule has 0 aromatic heterocycles. The van der Waals surface area contributed by atoms with Gasteiger partial charge in [-0.05, 0) is 79.5 Å². The van der Waals surface area contributed by atoms with Crippen LogP contribution in [0.1, 0.15) is 42.9 Å². The van der Waals surface area contributed by atoms with Crippen molar-refractivity contribution in [3.8, 4) is 0 Å². The molecule has 7 rings (SSSR count). The molecule has 5 aliphatic rings. The summed E-state index contributed by atoms with van der Waals surface area (Å²) in [5, 5.41) is 5.34. The van der Waals surface area contributed by atoms with Crippen LogP contribution in [0.2, 0.25) is 0 Å². The molecule has 2 unspecified atom stereocenters. The lowest BCUT2D eigenvalue weighted by molar-refractivity contribution is -0.285. The molecule has 4 fully saturated rings. The van der Waals surface area contributed by atoms with Crippen LogP contribution in [-0.2, 0) is 32.8 Å². The van der Waals surface area contributed by atoms with Crippen LogP contribution in [-0.4, -0.2) is 54.0 Å². The number of fused-ring (bicyclic) bond motifs is 1. The molecule has 8 nitrogen and oxygen atoms in total. The highest BCUT2D eigenvalue weighted by molar-refractivity contribution is 5.89. The van der Waals surface area contributed by atoms with Gasteiger partial charge in [0.05, 0.1) is 6.54 Å². The number of amides is 3. The number of nitrogens with zero attached hydrogens (tertiary/aromatic N) is 2. The fourth-order valence-electron chi connectivity index (χ4n) is 5.88. The molecule has 1 saturated carbocycles. The Kier molecular flexibility index (Phi) is 5.93. The van der Waals surface area contributed by atoms with Crippen molar-refractivity contribution in [3.05, 3.63) is 64.7 Å². The monoisotopic (exact) mass is 512 g/mol. The maximum atomic E-state index is 13.8. The Bertz CT molecular complexity index is 1250. The van der Waals surface area contributed by atoms with Crippen LogP contribution in [0.25, 0.3) is 0 Å². The molecular formula is C27H30F2N4O4. The predicted octanol–water partition coefficient (Wildman–Crippen LogP) is 3.66. The second-order valence-corrected chi connectivity index (χ2v) is 10.4. The third kappa shape index (κ3) is 4.17. The summed E-state index contributed by atoms with van der Waals surface area (Å²) in [6, 6.07) is 9.25. The molecule has 3 heterocycles.